The summed E-state index contributed by atoms with van der Waals surface area (Å²) in [5.41, 5.74) is 15.4. The second-order valence-electron chi connectivity index (χ2n) is 10.1. The highest BCUT2D eigenvalue weighted by Gasteiger charge is 2.18. The molecule has 5 heteroatoms. The maximum Gasteiger partial charge on any atom is 0.255 e. The van der Waals surface area contributed by atoms with E-state index < -0.39 is 0 Å². The number of carbonyl (C=O) groups is 1. The van der Waals surface area contributed by atoms with Crippen molar-refractivity contribution >= 4 is 28.2 Å². The molecule has 2 aromatic heterocycles. The molecule has 1 aliphatic carbocycles. The lowest BCUT2D eigenvalue weighted by Crippen LogP contribution is -2.13. The molecule has 0 fully saturated rings. The first-order valence-corrected chi connectivity index (χ1v) is 13.5. The zero-order valence-electron chi connectivity index (χ0n) is 21.5. The molecule has 190 valence electrons. The van der Waals surface area contributed by atoms with Gasteiger partial charge in [0.05, 0.1) is 11.4 Å². The fourth-order valence-electron chi connectivity index (χ4n) is 5.65. The van der Waals surface area contributed by atoms with E-state index >= 15 is 0 Å². The maximum absolute atomic E-state index is 13.1. The molecule has 6 rings (SSSR count). The van der Waals surface area contributed by atoms with Crippen LogP contribution < -0.4 is 11.1 Å². The SMILES string of the molecule is Nc1ccc(-c2ccncc2)cc1NC(=O)c1ccc(Cn2c3c(c4ccccc42)CCCCCC3)cc1. The van der Waals surface area contributed by atoms with Crippen molar-refractivity contribution in [3.63, 3.8) is 0 Å². The maximum atomic E-state index is 13.1. The standard InChI is InChI=1S/C33H32N4O/c34-29-16-15-26(24-17-19-35-20-18-24)21-30(29)36-33(38)25-13-11-23(12-14-25)22-37-31-9-4-2-1-3-7-27(31)28-8-5-6-10-32(28)37/h5-6,8,10-21H,1-4,7,9,22,34H2,(H,36,38). The largest absolute Gasteiger partial charge is 0.397 e. The van der Waals surface area contributed by atoms with Crippen LogP contribution in [0, 0.1) is 0 Å². The molecule has 38 heavy (non-hydrogen) atoms. The number of amides is 1. The molecule has 0 atom stereocenters. The van der Waals surface area contributed by atoms with Crippen LogP contribution in [0.3, 0.4) is 0 Å². The van der Waals surface area contributed by atoms with Gasteiger partial charge in [0.1, 0.15) is 0 Å². The predicted octanol–water partition coefficient (Wildman–Crippen LogP) is 7.25. The Labute approximate surface area is 223 Å². The first-order valence-electron chi connectivity index (χ1n) is 13.5. The lowest BCUT2D eigenvalue weighted by molar-refractivity contribution is 0.102. The Morgan fingerprint density at radius 3 is 2.42 bits per heavy atom. The molecule has 5 aromatic rings. The average molecular weight is 501 g/mol. The number of aromatic nitrogens is 2. The number of hydrogen-bond acceptors (Lipinski definition) is 3. The summed E-state index contributed by atoms with van der Waals surface area (Å²) in [4.78, 5) is 17.2. The molecule has 0 spiro atoms. The van der Waals surface area contributed by atoms with Crippen molar-refractivity contribution in [2.45, 2.75) is 45.1 Å². The number of nitrogens with zero attached hydrogens (tertiary/aromatic N) is 2. The molecule has 3 N–H and O–H groups in total. The van der Waals surface area contributed by atoms with Crippen molar-refractivity contribution in [2.75, 3.05) is 11.1 Å². The van der Waals surface area contributed by atoms with Crippen LogP contribution in [0.2, 0.25) is 0 Å². The highest BCUT2D eigenvalue weighted by Crippen LogP contribution is 2.32. The van der Waals surface area contributed by atoms with E-state index in [4.69, 9.17) is 5.73 Å². The summed E-state index contributed by atoms with van der Waals surface area (Å²) in [5.74, 6) is -0.174. The summed E-state index contributed by atoms with van der Waals surface area (Å²) in [6.45, 7) is 0.804. The molecule has 1 amide bonds. The van der Waals surface area contributed by atoms with E-state index in [2.05, 4.69) is 51.3 Å². The van der Waals surface area contributed by atoms with Crippen molar-refractivity contribution < 1.29 is 4.79 Å². The number of aryl methyl sites for hydroxylation is 1. The smallest absolute Gasteiger partial charge is 0.255 e. The van der Waals surface area contributed by atoms with Crippen molar-refractivity contribution in [2.24, 2.45) is 0 Å². The van der Waals surface area contributed by atoms with E-state index in [0.717, 1.165) is 30.5 Å². The lowest BCUT2D eigenvalue weighted by Gasteiger charge is -2.15. The summed E-state index contributed by atoms with van der Waals surface area (Å²) in [6.07, 6.45) is 10.9. The Balaban J connectivity index is 1.23. The van der Waals surface area contributed by atoms with Gasteiger partial charge in [-0.3, -0.25) is 9.78 Å². The number of nitrogens with two attached hydrogens (primary N) is 1. The minimum atomic E-state index is -0.174. The molecule has 0 saturated heterocycles. The highest BCUT2D eigenvalue weighted by molar-refractivity contribution is 6.06. The minimum absolute atomic E-state index is 0.174. The van der Waals surface area contributed by atoms with Gasteiger partial charge in [-0.05, 0) is 90.4 Å². The van der Waals surface area contributed by atoms with Crippen molar-refractivity contribution in [3.05, 3.63) is 114 Å². The van der Waals surface area contributed by atoms with Crippen molar-refractivity contribution in [1.29, 1.82) is 0 Å². The number of carbonyl (C=O) groups excluding carboxylic acids is 1. The van der Waals surface area contributed by atoms with Crippen LogP contribution >= 0.6 is 0 Å². The number of rotatable bonds is 5. The minimum Gasteiger partial charge on any atom is -0.397 e. The molecule has 0 saturated carbocycles. The third-order valence-electron chi connectivity index (χ3n) is 7.66. The first kappa shape index (κ1) is 24.0. The normalized spacial score (nSPS) is 13.5. The molecular formula is C33H32N4O. The third-order valence-corrected chi connectivity index (χ3v) is 7.66. The van der Waals surface area contributed by atoms with Gasteiger partial charge >= 0.3 is 0 Å². The molecule has 1 aliphatic rings. The van der Waals surface area contributed by atoms with Crippen LogP contribution in [-0.4, -0.2) is 15.5 Å². The van der Waals surface area contributed by atoms with Crippen LogP contribution in [0.4, 0.5) is 11.4 Å². The fourth-order valence-corrected chi connectivity index (χ4v) is 5.65. The number of hydrogen-bond donors (Lipinski definition) is 2. The zero-order chi connectivity index (χ0) is 25.9. The Hall–Kier alpha value is -4.38. The Morgan fingerprint density at radius 2 is 1.61 bits per heavy atom. The first-order chi connectivity index (χ1) is 18.7. The molecule has 0 bridgehead atoms. The van der Waals surface area contributed by atoms with E-state index in [1.54, 1.807) is 12.4 Å². The Kier molecular flexibility index (Phi) is 6.65. The molecule has 0 radical (unpaired) electrons. The van der Waals surface area contributed by atoms with E-state index in [-0.39, 0.29) is 5.91 Å². The number of fused-ring (bicyclic) bond motifs is 3. The summed E-state index contributed by atoms with van der Waals surface area (Å²) in [7, 11) is 0. The van der Waals surface area contributed by atoms with Crippen LogP contribution in [0.5, 0.6) is 0 Å². The van der Waals surface area contributed by atoms with Crippen LogP contribution in [0.1, 0.15) is 52.9 Å². The molecule has 5 nitrogen and oxygen atoms in total. The van der Waals surface area contributed by atoms with Gasteiger partial charge in [0.15, 0.2) is 0 Å². The summed E-state index contributed by atoms with van der Waals surface area (Å²) in [5, 5.41) is 4.39. The van der Waals surface area contributed by atoms with Crippen LogP contribution in [-0.2, 0) is 19.4 Å². The number of pyridine rings is 1. The van der Waals surface area contributed by atoms with Crippen molar-refractivity contribution in [3.8, 4) is 11.1 Å². The molecule has 0 aliphatic heterocycles. The third kappa shape index (κ3) is 4.80. The molecule has 2 heterocycles. The number of anilines is 2. The highest BCUT2D eigenvalue weighted by atomic mass is 16.1. The summed E-state index contributed by atoms with van der Waals surface area (Å²) >= 11 is 0. The molecule has 0 unspecified atom stereocenters. The van der Waals surface area contributed by atoms with Gasteiger partial charge in [-0.2, -0.15) is 0 Å². The van der Waals surface area contributed by atoms with Gasteiger partial charge in [0.2, 0.25) is 0 Å². The average Bonchev–Trinajstić information content (AvgIpc) is 3.21. The topological polar surface area (TPSA) is 72.9 Å². The van der Waals surface area contributed by atoms with E-state index in [0.29, 0.717) is 16.9 Å². The second-order valence-corrected chi connectivity index (χ2v) is 10.1. The quantitative estimate of drug-likeness (QED) is 0.250. The zero-order valence-corrected chi connectivity index (χ0v) is 21.5. The number of para-hydroxylation sites is 1. The summed E-state index contributed by atoms with van der Waals surface area (Å²) in [6, 6.07) is 26.3. The number of nitrogen functional groups attached to an aromatic ring is 1. The Bertz CT molecular complexity index is 1590. The number of nitrogens with one attached hydrogen (secondary N) is 1. The number of benzene rings is 3. The molecular weight excluding hydrogens is 468 g/mol. The lowest BCUT2D eigenvalue weighted by atomic mass is 9.96. The molecule has 3 aromatic carbocycles. The fraction of sp³-hybridized carbons (Fsp3) is 0.212. The van der Waals surface area contributed by atoms with Gasteiger partial charge in [0, 0.05) is 41.1 Å². The second kappa shape index (κ2) is 10.5. The van der Waals surface area contributed by atoms with Gasteiger partial charge in [0.25, 0.3) is 5.91 Å². The Morgan fingerprint density at radius 1 is 0.842 bits per heavy atom. The van der Waals surface area contributed by atoms with E-state index in [9.17, 15) is 4.79 Å². The van der Waals surface area contributed by atoms with Crippen LogP contribution in [0.15, 0.2) is 91.3 Å². The monoisotopic (exact) mass is 500 g/mol. The van der Waals surface area contributed by atoms with Gasteiger partial charge in [-0.1, -0.05) is 49.2 Å². The van der Waals surface area contributed by atoms with Gasteiger partial charge < -0.3 is 15.6 Å². The van der Waals surface area contributed by atoms with Crippen molar-refractivity contribution in [1.82, 2.24) is 9.55 Å². The summed E-state index contributed by atoms with van der Waals surface area (Å²) < 4.78 is 2.50. The van der Waals surface area contributed by atoms with E-state index in [1.807, 2.05) is 42.5 Å². The van der Waals surface area contributed by atoms with Gasteiger partial charge in [-0.25, -0.2) is 0 Å². The van der Waals surface area contributed by atoms with Gasteiger partial charge in [-0.15, -0.1) is 0 Å². The predicted molar refractivity (Wildman–Crippen MR) is 155 cm³/mol. The van der Waals surface area contributed by atoms with E-state index in [1.165, 1.54) is 53.4 Å². The van der Waals surface area contributed by atoms with Crippen LogP contribution in [0.25, 0.3) is 22.0 Å².